The summed E-state index contributed by atoms with van der Waals surface area (Å²) in [5.41, 5.74) is -1.07. The molecule has 31 heavy (non-hydrogen) atoms. The van der Waals surface area contributed by atoms with Crippen LogP contribution in [0.1, 0.15) is 37.7 Å². The van der Waals surface area contributed by atoms with E-state index in [1.807, 2.05) is 0 Å². The predicted molar refractivity (Wildman–Crippen MR) is 104 cm³/mol. The number of hydrogen-bond acceptors (Lipinski definition) is 5. The summed E-state index contributed by atoms with van der Waals surface area (Å²) >= 11 is 0. The molecule has 1 aliphatic heterocycles. The molecule has 2 aliphatic rings. The van der Waals surface area contributed by atoms with Crippen molar-refractivity contribution >= 4 is 23.4 Å². The van der Waals surface area contributed by atoms with Crippen LogP contribution in [0.5, 0.6) is 5.75 Å². The van der Waals surface area contributed by atoms with Gasteiger partial charge in [-0.05, 0) is 31.0 Å². The zero-order valence-corrected chi connectivity index (χ0v) is 17.2. The van der Waals surface area contributed by atoms with E-state index < -0.39 is 17.6 Å². The van der Waals surface area contributed by atoms with Crippen molar-refractivity contribution in [3.63, 3.8) is 0 Å². The minimum absolute atomic E-state index is 0.0674. The molecule has 1 aromatic carbocycles. The molecule has 1 saturated carbocycles. The number of rotatable bonds is 8. The van der Waals surface area contributed by atoms with Gasteiger partial charge in [-0.25, -0.2) is 0 Å². The van der Waals surface area contributed by atoms with Crippen molar-refractivity contribution in [3.8, 4) is 5.75 Å². The average Bonchev–Trinajstić information content (AvgIpc) is 2.97. The molecule has 3 rings (SSSR count). The highest BCUT2D eigenvalue weighted by atomic mass is 19.4. The van der Waals surface area contributed by atoms with Crippen molar-refractivity contribution < 1.29 is 37.0 Å². The number of hydrogen-bond donors (Lipinski definition) is 1. The summed E-state index contributed by atoms with van der Waals surface area (Å²) in [5.74, 6) is -1.69. The van der Waals surface area contributed by atoms with Gasteiger partial charge in [-0.3, -0.25) is 19.3 Å². The van der Waals surface area contributed by atoms with Gasteiger partial charge in [0.05, 0.1) is 29.7 Å². The molecule has 1 saturated heterocycles. The summed E-state index contributed by atoms with van der Waals surface area (Å²) < 4.78 is 49.5. The monoisotopic (exact) mass is 442 g/mol. The van der Waals surface area contributed by atoms with Crippen molar-refractivity contribution in [3.05, 3.63) is 23.8 Å². The topological polar surface area (TPSA) is 84.9 Å². The predicted octanol–water partition coefficient (Wildman–Crippen LogP) is 3.23. The van der Waals surface area contributed by atoms with Gasteiger partial charge in [0, 0.05) is 20.1 Å². The van der Waals surface area contributed by atoms with Crippen LogP contribution < -0.4 is 10.1 Å². The molecule has 1 heterocycles. The van der Waals surface area contributed by atoms with E-state index >= 15 is 0 Å². The van der Waals surface area contributed by atoms with Gasteiger partial charge >= 0.3 is 6.18 Å². The Morgan fingerprint density at radius 1 is 1.13 bits per heavy atom. The molecule has 0 spiro atoms. The number of ether oxygens (including phenoxy) is 2. The Morgan fingerprint density at radius 3 is 2.35 bits per heavy atom. The van der Waals surface area contributed by atoms with E-state index in [0.717, 1.165) is 35.9 Å². The van der Waals surface area contributed by atoms with Gasteiger partial charge in [0.25, 0.3) is 0 Å². The molecule has 10 heteroatoms. The minimum atomic E-state index is -4.59. The number of nitrogens with one attached hydrogen (secondary N) is 1. The Balaban J connectivity index is 1.66. The number of carbonyl (C=O) groups is 3. The van der Waals surface area contributed by atoms with E-state index in [1.165, 1.54) is 7.11 Å². The summed E-state index contributed by atoms with van der Waals surface area (Å²) in [6.07, 6.45) is -1.67. The van der Waals surface area contributed by atoms with Crippen LogP contribution in [0.15, 0.2) is 18.2 Å². The third-order valence-electron chi connectivity index (χ3n) is 5.62. The molecule has 2 unspecified atom stereocenters. The van der Waals surface area contributed by atoms with Crippen molar-refractivity contribution in [1.29, 1.82) is 0 Å². The standard InChI is InChI=1S/C21H25F3N2O5/c1-30-10-11-31-17-7-6-13(21(22,23)24)12-16(17)25-18(27)8-9-26-19(28)14-4-2-3-5-15(14)20(26)29/h6-7,12,14-15H,2-5,8-11H2,1H3,(H,25,27). The molecule has 2 atom stereocenters. The Hall–Kier alpha value is -2.62. The fourth-order valence-electron chi connectivity index (χ4n) is 4.04. The molecule has 0 aromatic heterocycles. The quantitative estimate of drug-likeness (QED) is 0.494. The zero-order valence-electron chi connectivity index (χ0n) is 17.2. The smallest absolute Gasteiger partial charge is 0.416 e. The van der Waals surface area contributed by atoms with Crippen molar-refractivity contribution in [2.45, 2.75) is 38.3 Å². The van der Waals surface area contributed by atoms with Crippen LogP contribution in [-0.4, -0.2) is 49.5 Å². The third-order valence-corrected chi connectivity index (χ3v) is 5.62. The number of benzene rings is 1. The Kier molecular flexibility index (Phi) is 7.19. The SMILES string of the molecule is COCCOc1ccc(C(F)(F)F)cc1NC(=O)CCN1C(=O)C2CCCCC2C1=O. The van der Waals surface area contributed by atoms with Crippen LogP contribution in [-0.2, 0) is 25.3 Å². The molecular weight excluding hydrogens is 417 g/mol. The van der Waals surface area contributed by atoms with Gasteiger partial charge in [-0.1, -0.05) is 12.8 Å². The van der Waals surface area contributed by atoms with Crippen molar-refractivity contribution in [1.82, 2.24) is 4.90 Å². The lowest BCUT2D eigenvalue weighted by Gasteiger charge is -2.19. The maximum Gasteiger partial charge on any atom is 0.416 e. The number of methoxy groups -OCH3 is 1. The number of nitrogens with zero attached hydrogens (tertiary/aromatic N) is 1. The molecule has 2 fully saturated rings. The number of fused-ring (bicyclic) bond motifs is 1. The number of halogens is 3. The lowest BCUT2D eigenvalue weighted by atomic mass is 9.81. The third kappa shape index (κ3) is 5.36. The van der Waals surface area contributed by atoms with Crippen LogP contribution >= 0.6 is 0 Å². The molecule has 1 aliphatic carbocycles. The maximum absolute atomic E-state index is 13.1. The Bertz CT molecular complexity index is 819. The number of imide groups is 1. The summed E-state index contributed by atoms with van der Waals surface area (Å²) in [7, 11) is 1.45. The number of likely N-dealkylation sites (tertiary alicyclic amines) is 1. The van der Waals surface area contributed by atoms with E-state index in [1.54, 1.807) is 0 Å². The van der Waals surface area contributed by atoms with Crippen LogP contribution in [0.25, 0.3) is 0 Å². The molecule has 170 valence electrons. The van der Waals surface area contributed by atoms with Gasteiger partial charge in [0.2, 0.25) is 17.7 Å². The fraction of sp³-hybridized carbons (Fsp3) is 0.571. The van der Waals surface area contributed by atoms with E-state index in [0.29, 0.717) is 12.8 Å². The lowest BCUT2D eigenvalue weighted by molar-refractivity contribution is -0.140. The highest BCUT2D eigenvalue weighted by molar-refractivity contribution is 6.05. The molecule has 0 bridgehead atoms. The number of carbonyl (C=O) groups excluding carboxylic acids is 3. The second kappa shape index (κ2) is 9.67. The number of anilines is 1. The highest BCUT2D eigenvalue weighted by Gasteiger charge is 2.47. The van der Waals surface area contributed by atoms with Crippen LogP contribution in [0.2, 0.25) is 0 Å². The van der Waals surface area contributed by atoms with Gasteiger partial charge in [0.15, 0.2) is 0 Å². The summed E-state index contributed by atoms with van der Waals surface area (Å²) in [6, 6.07) is 2.79. The van der Waals surface area contributed by atoms with E-state index in [4.69, 9.17) is 9.47 Å². The molecule has 0 radical (unpaired) electrons. The zero-order chi connectivity index (χ0) is 22.6. The Labute approximate surface area is 177 Å². The fourth-order valence-corrected chi connectivity index (χ4v) is 4.04. The van der Waals surface area contributed by atoms with E-state index in [-0.39, 0.29) is 61.3 Å². The first-order valence-corrected chi connectivity index (χ1v) is 10.2. The molecular formula is C21H25F3N2O5. The van der Waals surface area contributed by atoms with Crippen molar-refractivity contribution in [2.75, 3.05) is 32.2 Å². The summed E-state index contributed by atoms with van der Waals surface area (Å²) in [4.78, 5) is 38.5. The molecule has 1 aromatic rings. The van der Waals surface area contributed by atoms with Crippen LogP contribution in [0, 0.1) is 11.8 Å². The minimum Gasteiger partial charge on any atom is -0.489 e. The van der Waals surface area contributed by atoms with Crippen molar-refractivity contribution in [2.24, 2.45) is 11.8 Å². The first kappa shape index (κ1) is 23.1. The summed E-state index contributed by atoms with van der Waals surface area (Å²) in [6.45, 7) is 0.204. The molecule has 1 N–H and O–H groups in total. The summed E-state index contributed by atoms with van der Waals surface area (Å²) in [5, 5.41) is 2.41. The largest absolute Gasteiger partial charge is 0.489 e. The number of alkyl halides is 3. The molecule has 3 amide bonds. The second-order valence-electron chi connectivity index (χ2n) is 7.67. The van der Waals surface area contributed by atoms with E-state index in [2.05, 4.69) is 5.32 Å². The lowest BCUT2D eigenvalue weighted by Crippen LogP contribution is -2.34. The Morgan fingerprint density at radius 2 is 1.77 bits per heavy atom. The maximum atomic E-state index is 13.1. The van der Waals surface area contributed by atoms with Gasteiger partial charge < -0.3 is 14.8 Å². The normalized spacial score (nSPS) is 21.2. The van der Waals surface area contributed by atoms with Crippen LogP contribution in [0.3, 0.4) is 0 Å². The highest BCUT2D eigenvalue weighted by Crippen LogP contribution is 2.38. The first-order valence-electron chi connectivity index (χ1n) is 10.2. The molecule has 7 nitrogen and oxygen atoms in total. The number of amides is 3. The second-order valence-corrected chi connectivity index (χ2v) is 7.67. The van der Waals surface area contributed by atoms with Gasteiger partial charge in [-0.15, -0.1) is 0 Å². The average molecular weight is 442 g/mol. The van der Waals surface area contributed by atoms with E-state index in [9.17, 15) is 27.6 Å². The van der Waals surface area contributed by atoms with Gasteiger partial charge in [-0.2, -0.15) is 13.2 Å². The first-order chi connectivity index (χ1) is 14.7. The van der Waals surface area contributed by atoms with Crippen LogP contribution in [0.4, 0.5) is 18.9 Å². The van der Waals surface area contributed by atoms with Gasteiger partial charge in [0.1, 0.15) is 12.4 Å².